The van der Waals surface area contributed by atoms with Crippen LogP contribution >= 0.6 is 0 Å². The van der Waals surface area contributed by atoms with Crippen molar-refractivity contribution < 1.29 is 4.52 Å². The second-order valence-electron chi connectivity index (χ2n) is 6.19. The molecule has 4 heteroatoms. The van der Waals surface area contributed by atoms with E-state index >= 15 is 0 Å². The molecule has 2 aromatic rings. The van der Waals surface area contributed by atoms with Crippen LogP contribution < -0.4 is 5.73 Å². The van der Waals surface area contributed by atoms with E-state index in [9.17, 15) is 0 Å². The van der Waals surface area contributed by atoms with Crippen LogP contribution in [0.15, 0.2) is 28.8 Å². The van der Waals surface area contributed by atoms with E-state index in [1.807, 2.05) is 0 Å². The predicted octanol–water partition coefficient (Wildman–Crippen LogP) is 2.68. The van der Waals surface area contributed by atoms with Crippen LogP contribution in [0.5, 0.6) is 0 Å². The first kappa shape index (κ1) is 12.1. The van der Waals surface area contributed by atoms with Gasteiger partial charge in [-0.25, -0.2) is 0 Å². The largest absolute Gasteiger partial charge is 0.337 e. The molecule has 4 rings (SSSR count). The number of hydrogen-bond donors (Lipinski definition) is 1. The van der Waals surface area contributed by atoms with Crippen molar-refractivity contribution >= 4 is 0 Å². The number of rotatable bonds is 2. The quantitative estimate of drug-likeness (QED) is 0.910. The van der Waals surface area contributed by atoms with Gasteiger partial charge in [0.2, 0.25) is 5.89 Å². The third kappa shape index (κ3) is 1.86. The van der Waals surface area contributed by atoms with E-state index in [0.29, 0.717) is 11.8 Å². The molecule has 2 aliphatic carbocycles. The van der Waals surface area contributed by atoms with Crippen LogP contribution in [0.3, 0.4) is 0 Å². The molecule has 1 aromatic carbocycles. The Bertz CT molecular complexity index is 603. The fraction of sp³-hybridized carbons (Fsp3) is 0.500. The van der Waals surface area contributed by atoms with Gasteiger partial charge >= 0.3 is 0 Å². The first-order valence-electron chi connectivity index (χ1n) is 7.44. The smallest absolute Gasteiger partial charge is 0.246 e. The number of aromatic nitrogens is 2. The second-order valence-corrected chi connectivity index (χ2v) is 6.19. The van der Waals surface area contributed by atoms with Crippen molar-refractivity contribution in [1.29, 1.82) is 0 Å². The van der Waals surface area contributed by atoms with Crippen LogP contribution in [0.1, 0.15) is 54.4 Å². The Morgan fingerprint density at radius 3 is 2.40 bits per heavy atom. The molecule has 1 saturated carbocycles. The van der Waals surface area contributed by atoms with E-state index in [1.165, 1.54) is 11.1 Å². The Labute approximate surface area is 118 Å². The van der Waals surface area contributed by atoms with Crippen LogP contribution in [0.4, 0.5) is 0 Å². The molecule has 0 spiro atoms. The van der Waals surface area contributed by atoms with Crippen LogP contribution in [-0.4, -0.2) is 10.1 Å². The molecule has 2 N–H and O–H groups in total. The van der Waals surface area contributed by atoms with Gasteiger partial charge in [0.15, 0.2) is 5.82 Å². The molecular weight excluding hydrogens is 250 g/mol. The van der Waals surface area contributed by atoms with Gasteiger partial charge in [0, 0.05) is 5.92 Å². The van der Waals surface area contributed by atoms with Gasteiger partial charge in [-0.2, -0.15) is 4.98 Å². The third-order valence-electron chi connectivity index (χ3n) is 4.78. The standard InChI is InChI=1S/C16H19N3O/c17-16(7-3-4-8-16)15-18-14(19-20-15)13-9-11-5-1-2-6-12(11)10-13/h1-2,5-6,13H,3-4,7-10,17H2. The molecule has 1 fully saturated rings. The summed E-state index contributed by atoms with van der Waals surface area (Å²) < 4.78 is 5.48. The van der Waals surface area contributed by atoms with Gasteiger partial charge in [-0.1, -0.05) is 42.3 Å². The fourth-order valence-electron chi connectivity index (χ4n) is 3.56. The third-order valence-corrected chi connectivity index (χ3v) is 4.78. The zero-order valence-corrected chi connectivity index (χ0v) is 11.5. The highest BCUT2D eigenvalue weighted by Crippen LogP contribution is 2.37. The van der Waals surface area contributed by atoms with Crippen molar-refractivity contribution in [3.8, 4) is 0 Å². The van der Waals surface area contributed by atoms with Gasteiger partial charge < -0.3 is 10.3 Å². The molecule has 1 heterocycles. The van der Waals surface area contributed by atoms with Crippen molar-refractivity contribution in [2.75, 3.05) is 0 Å². The Morgan fingerprint density at radius 1 is 1.10 bits per heavy atom. The highest BCUT2D eigenvalue weighted by molar-refractivity contribution is 5.35. The van der Waals surface area contributed by atoms with Crippen LogP contribution in [0, 0.1) is 0 Å². The molecule has 0 bridgehead atoms. The molecule has 2 aliphatic rings. The lowest BCUT2D eigenvalue weighted by atomic mass is 9.99. The summed E-state index contributed by atoms with van der Waals surface area (Å²) in [6.45, 7) is 0. The molecule has 0 radical (unpaired) electrons. The minimum atomic E-state index is -0.378. The average molecular weight is 269 g/mol. The fourth-order valence-corrected chi connectivity index (χ4v) is 3.56. The molecule has 0 aliphatic heterocycles. The number of hydrogen-bond acceptors (Lipinski definition) is 4. The molecule has 1 aromatic heterocycles. The monoisotopic (exact) mass is 269 g/mol. The van der Waals surface area contributed by atoms with E-state index in [1.54, 1.807) is 0 Å². The maximum absolute atomic E-state index is 6.38. The summed E-state index contributed by atoms with van der Waals surface area (Å²) in [5.74, 6) is 1.81. The summed E-state index contributed by atoms with van der Waals surface area (Å²) in [7, 11) is 0. The highest BCUT2D eigenvalue weighted by atomic mass is 16.5. The van der Waals surface area contributed by atoms with E-state index < -0.39 is 0 Å². The van der Waals surface area contributed by atoms with Crippen LogP contribution in [-0.2, 0) is 18.4 Å². The summed E-state index contributed by atoms with van der Waals surface area (Å²) in [5.41, 5.74) is 8.82. The summed E-state index contributed by atoms with van der Waals surface area (Å²) in [5, 5.41) is 4.20. The van der Waals surface area contributed by atoms with Crippen molar-refractivity contribution in [1.82, 2.24) is 10.1 Å². The summed E-state index contributed by atoms with van der Waals surface area (Å²) in [4.78, 5) is 4.63. The molecular formula is C16H19N3O. The molecule has 104 valence electrons. The predicted molar refractivity (Wildman–Crippen MR) is 75.2 cm³/mol. The summed E-state index contributed by atoms with van der Waals surface area (Å²) in [6.07, 6.45) is 6.24. The molecule has 0 unspecified atom stereocenters. The van der Waals surface area contributed by atoms with Gasteiger partial charge in [-0.05, 0) is 36.8 Å². The summed E-state index contributed by atoms with van der Waals surface area (Å²) in [6, 6.07) is 8.57. The Morgan fingerprint density at radius 2 is 1.75 bits per heavy atom. The SMILES string of the molecule is NC1(c2nc(C3Cc4ccccc4C3)no2)CCCC1. The maximum atomic E-state index is 6.38. The Balaban J connectivity index is 1.58. The van der Waals surface area contributed by atoms with Crippen molar-refractivity contribution in [3.63, 3.8) is 0 Å². The highest BCUT2D eigenvalue weighted by Gasteiger charge is 2.38. The Hall–Kier alpha value is -1.68. The van der Waals surface area contributed by atoms with E-state index in [0.717, 1.165) is 44.3 Å². The number of nitrogens with two attached hydrogens (primary N) is 1. The normalized spacial score (nSPS) is 21.2. The lowest BCUT2D eigenvalue weighted by molar-refractivity contribution is 0.283. The maximum Gasteiger partial charge on any atom is 0.246 e. The molecule has 0 atom stereocenters. The van der Waals surface area contributed by atoms with Crippen molar-refractivity contribution in [2.45, 2.75) is 50.0 Å². The molecule has 4 nitrogen and oxygen atoms in total. The zero-order valence-electron chi connectivity index (χ0n) is 11.5. The van der Waals surface area contributed by atoms with Crippen molar-refractivity contribution in [2.24, 2.45) is 5.73 Å². The molecule has 0 saturated heterocycles. The average Bonchev–Trinajstić information content (AvgIpc) is 3.17. The zero-order chi connectivity index (χ0) is 13.6. The Kier molecular flexibility index (Phi) is 2.67. The molecule has 0 amide bonds. The van der Waals surface area contributed by atoms with Gasteiger partial charge in [-0.3, -0.25) is 0 Å². The van der Waals surface area contributed by atoms with Gasteiger partial charge in [-0.15, -0.1) is 0 Å². The van der Waals surface area contributed by atoms with Gasteiger partial charge in [0.1, 0.15) is 0 Å². The van der Waals surface area contributed by atoms with Gasteiger partial charge in [0.25, 0.3) is 0 Å². The van der Waals surface area contributed by atoms with E-state index in [2.05, 4.69) is 34.4 Å². The lowest BCUT2D eigenvalue weighted by Gasteiger charge is -2.17. The first-order chi connectivity index (χ1) is 9.74. The van der Waals surface area contributed by atoms with Crippen LogP contribution in [0.2, 0.25) is 0 Å². The van der Waals surface area contributed by atoms with Crippen molar-refractivity contribution in [3.05, 3.63) is 47.1 Å². The first-order valence-corrected chi connectivity index (χ1v) is 7.44. The lowest BCUT2D eigenvalue weighted by Crippen LogP contribution is -2.33. The van der Waals surface area contributed by atoms with E-state index in [-0.39, 0.29) is 5.54 Å². The minimum Gasteiger partial charge on any atom is -0.337 e. The summed E-state index contributed by atoms with van der Waals surface area (Å²) >= 11 is 0. The second kappa shape index (κ2) is 4.42. The number of benzene rings is 1. The van der Waals surface area contributed by atoms with Crippen LogP contribution in [0.25, 0.3) is 0 Å². The number of fused-ring (bicyclic) bond motifs is 1. The minimum absolute atomic E-state index is 0.343. The van der Waals surface area contributed by atoms with Gasteiger partial charge in [0.05, 0.1) is 5.54 Å². The van der Waals surface area contributed by atoms with E-state index in [4.69, 9.17) is 10.3 Å². The molecule has 20 heavy (non-hydrogen) atoms. The topological polar surface area (TPSA) is 64.9 Å². The number of nitrogens with zero attached hydrogens (tertiary/aromatic N) is 2.